The molecule has 1 heterocycles. The molecule has 108 valence electrons. The third kappa shape index (κ3) is 3.94. The first kappa shape index (κ1) is 15.7. The first-order chi connectivity index (χ1) is 9.47. The van der Waals surface area contributed by atoms with Crippen LogP contribution in [0.4, 0.5) is 0 Å². The van der Waals surface area contributed by atoms with Crippen molar-refractivity contribution in [2.45, 2.75) is 45.7 Å². The maximum Gasteiger partial charge on any atom is 0.0701 e. The van der Waals surface area contributed by atoms with Crippen molar-refractivity contribution in [3.63, 3.8) is 0 Å². The van der Waals surface area contributed by atoms with Crippen LogP contribution in [-0.2, 0) is 0 Å². The van der Waals surface area contributed by atoms with Crippen molar-refractivity contribution in [2.75, 3.05) is 0 Å². The molecule has 0 fully saturated rings. The fourth-order valence-electron chi connectivity index (χ4n) is 2.28. The highest BCUT2D eigenvalue weighted by molar-refractivity contribution is 9.11. The van der Waals surface area contributed by atoms with Gasteiger partial charge in [0.25, 0.3) is 0 Å². The average molecular weight is 352 g/mol. The number of benzene rings is 1. The molecule has 0 aliphatic heterocycles. The second kappa shape index (κ2) is 6.88. The summed E-state index contributed by atoms with van der Waals surface area (Å²) in [5.74, 6) is 0.592. The summed E-state index contributed by atoms with van der Waals surface area (Å²) in [6.07, 6.45) is 0. The van der Waals surface area contributed by atoms with Gasteiger partial charge in [0.2, 0.25) is 0 Å². The number of halogens is 1. The quantitative estimate of drug-likeness (QED) is 0.691. The molecular weight excluding hydrogens is 330 g/mol. The van der Waals surface area contributed by atoms with E-state index in [1.807, 2.05) is 0 Å². The summed E-state index contributed by atoms with van der Waals surface area (Å²) < 4.78 is 1.19. The average Bonchev–Trinajstić information content (AvgIpc) is 2.85. The van der Waals surface area contributed by atoms with Crippen LogP contribution in [0.1, 0.15) is 61.7 Å². The first-order valence-corrected chi connectivity index (χ1v) is 8.69. The summed E-state index contributed by atoms with van der Waals surface area (Å²) in [5, 5.41) is 3.66. The predicted molar refractivity (Wildman–Crippen MR) is 92.5 cm³/mol. The van der Waals surface area contributed by atoms with E-state index in [9.17, 15) is 0 Å². The van der Waals surface area contributed by atoms with Crippen molar-refractivity contribution in [1.82, 2.24) is 5.32 Å². The van der Waals surface area contributed by atoms with E-state index in [0.29, 0.717) is 18.0 Å². The highest BCUT2D eigenvalue weighted by Crippen LogP contribution is 2.29. The standard InChI is InChI=1S/C17H22BrNS/c1-11(2)14-5-7-15(8-6-14)12(3)19-13(4)16-9-10-17(18)20-16/h5-13,19H,1-4H3. The molecule has 2 atom stereocenters. The zero-order chi connectivity index (χ0) is 14.7. The number of hydrogen-bond acceptors (Lipinski definition) is 2. The molecule has 0 radical (unpaired) electrons. The second-order valence-corrected chi connectivity index (χ2v) is 8.07. The summed E-state index contributed by atoms with van der Waals surface area (Å²) in [4.78, 5) is 1.36. The Hall–Kier alpha value is -0.640. The van der Waals surface area contributed by atoms with Crippen LogP contribution in [0.25, 0.3) is 0 Å². The molecule has 0 amide bonds. The molecule has 0 saturated carbocycles. The first-order valence-electron chi connectivity index (χ1n) is 7.08. The van der Waals surface area contributed by atoms with E-state index in [2.05, 4.69) is 85.3 Å². The maximum absolute atomic E-state index is 3.66. The Morgan fingerprint density at radius 1 is 0.850 bits per heavy atom. The Balaban J connectivity index is 2.02. The molecule has 2 aromatic rings. The van der Waals surface area contributed by atoms with Crippen LogP contribution in [0.15, 0.2) is 40.2 Å². The van der Waals surface area contributed by atoms with Crippen LogP contribution in [0.2, 0.25) is 0 Å². The zero-order valence-electron chi connectivity index (χ0n) is 12.5. The van der Waals surface area contributed by atoms with E-state index in [1.54, 1.807) is 11.3 Å². The van der Waals surface area contributed by atoms with Gasteiger partial charge in [0.1, 0.15) is 0 Å². The SMILES string of the molecule is CC(C)c1ccc(C(C)NC(C)c2ccc(Br)s2)cc1. The molecule has 1 aromatic heterocycles. The summed E-state index contributed by atoms with van der Waals surface area (Å²) in [7, 11) is 0. The Bertz CT molecular complexity index is 544. The van der Waals surface area contributed by atoms with Crippen LogP contribution >= 0.6 is 27.3 Å². The molecule has 20 heavy (non-hydrogen) atoms. The molecule has 3 heteroatoms. The Labute approximate surface area is 134 Å². The minimum Gasteiger partial charge on any atom is -0.303 e. The lowest BCUT2D eigenvalue weighted by Crippen LogP contribution is -2.21. The van der Waals surface area contributed by atoms with Crippen LogP contribution in [0.5, 0.6) is 0 Å². The number of nitrogens with one attached hydrogen (secondary N) is 1. The molecular formula is C17H22BrNS. The molecule has 0 aliphatic carbocycles. The van der Waals surface area contributed by atoms with E-state index in [1.165, 1.54) is 19.8 Å². The van der Waals surface area contributed by atoms with Gasteiger partial charge in [0.05, 0.1) is 3.79 Å². The minimum atomic E-state index is 0.354. The van der Waals surface area contributed by atoms with Crippen molar-refractivity contribution in [1.29, 1.82) is 0 Å². The highest BCUT2D eigenvalue weighted by Gasteiger charge is 2.13. The van der Waals surface area contributed by atoms with Crippen molar-refractivity contribution in [2.24, 2.45) is 0 Å². The minimum absolute atomic E-state index is 0.354. The lowest BCUT2D eigenvalue weighted by atomic mass is 9.99. The summed E-state index contributed by atoms with van der Waals surface area (Å²) in [5.41, 5.74) is 2.74. The lowest BCUT2D eigenvalue weighted by Gasteiger charge is -2.20. The Morgan fingerprint density at radius 3 is 1.95 bits per heavy atom. The second-order valence-electron chi connectivity index (χ2n) is 5.57. The molecule has 0 bridgehead atoms. The fraction of sp³-hybridized carbons (Fsp3) is 0.412. The molecule has 2 rings (SSSR count). The third-order valence-corrected chi connectivity index (χ3v) is 5.43. The molecule has 1 aromatic carbocycles. The van der Waals surface area contributed by atoms with Gasteiger partial charge in [0, 0.05) is 17.0 Å². The molecule has 1 N–H and O–H groups in total. The van der Waals surface area contributed by atoms with Crippen molar-refractivity contribution in [3.05, 3.63) is 56.2 Å². The van der Waals surface area contributed by atoms with Gasteiger partial charge in [-0.15, -0.1) is 11.3 Å². The van der Waals surface area contributed by atoms with Gasteiger partial charge in [-0.3, -0.25) is 0 Å². The van der Waals surface area contributed by atoms with Gasteiger partial charge >= 0.3 is 0 Å². The third-order valence-electron chi connectivity index (χ3n) is 3.62. The maximum atomic E-state index is 3.66. The molecule has 0 spiro atoms. The van der Waals surface area contributed by atoms with Crippen LogP contribution in [0.3, 0.4) is 0 Å². The normalized spacial score (nSPS) is 14.5. The smallest absolute Gasteiger partial charge is 0.0701 e. The van der Waals surface area contributed by atoms with Gasteiger partial charge in [0.15, 0.2) is 0 Å². The topological polar surface area (TPSA) is 12.0 Å². The number of thiophene rings is 1. The molecule has 0 saturated heterocycles. The lowest BCUT2D eigenvalue weighted by molar-refractivity contribution is 0.500. The molecule has 1 nitrogen and oxygen atoms in total. The van der Waals surface area contributed by atoms with Gasteiger partial charge in [-0.25, -0.2) is 0 Å². The zero-order valence-corrected chi connectivity index (χ0v) is 14.9. The van der Waals surface area contributed by atoms with Gasteiger partial charge in [-0.2, -0.15) is 0 Å². The van der Waals surface area contributed by atoms with Gasteiger partial charge in [-0.1, -0.05) is 38.1 Å². The predicted octanol–water partition coefficient (Wildman–Crippen LogP) is 6.05. The van der Waals surface area contributed by atoms with Crippen molar-refractivity contribution in [3.8, 4) is 0 Å². The Kier molecular flexibility index (Phi) is 5.42. The molecule has 2 unspecified atom stereocenters. The van der Waals surface area contributed by atoms with Crippen LogP contribution in [-0.4, -0.2) is 0 Å². The monoisotopic (exact) mass is 351 g/mol. The van der Waals surface area contributed by atoms with E-state index in [4.69, 9.17) is 0 Å². The summed E-state index contributed by atoms with van der Waals surface area (Å²) in [6, 6.07) is 14.0. The fourth-order valence-corrected chi connectivity index (χ4v) is 3.72. The summed E-state index contributed by atoms with van der Waals surface area (Å²) >= 11 is 5.32. The van der Waals surface area contributed by atoms with Gasteiger partial charge in [-0.05, 0) is 59.0 Å². The largest absolute Gasteiger partial charge is 0.303 e. The van der Waals surface area contributed by atoms with E-state index in [-0.39, 0.29) is 0 Å². The van der Waals surface area contributed by atoms with E-state index < -0.39 is 0 Å². The number of hydrogen-bond donors (Lipinski definition) is 1. The molecule has 0 aliphatic rings. The van der Waals surface area contributed by atoms with Crippen LogP contribution in [0, 0.1) is 0 Å². The van der Waals surface area contributed by atoms with E-state index in [0.717, 1.165) is 0 Å². The summed E-state index contributed by atoms with van der Waals surface area (Å²) in [6.45, 7) is 8.90. The van der Waals surface area contributed by atoms with Crippen molar-refractivity contribution < 1.29 is 0 Å². The van der Waals surface area contributed by atoms with Crippen LogP contribution < -0.4 is 5.32 Å². The van der Waals surface area contributed by atoms with E-state index >= 15 is 0 Å². The Morgan fingerprint density at radius 2 is 1.45 bits per heavy atom. The van der Waals surface area contributed by atoms with Gasteiger partial charge < -0.3 is 5.32 Å². The highest BCUT2D eigenvalue weighted by atomic mass is 79.9. The number of rotatable bonds is 5. The van der Waals surface area contributed by atoms with Crippen molar-refractivity contribution >= 4 is 27.3 Å².